The van der Waals surface area contributed by atoms with Crippen LogP contribution in [0, 0.1) is 5.92 Å². The maximum atomic E-state index is 12.5. The van der Waals surface area contributed by atoms with Crippen LogP contribution in [-0.2, 0) is 6.54 Å². The third-order valence-electron chi connectivity index (χ3n) is 3.55. The van der Waals surface area contributed by atoms with Crippen molar-refractivity contribution in [1.29, 1.82) is 0 Å². The van der Waals surface area contributed by atoms with Gasteiger partial charge in [0.25, 0.3) is 0 Å². The Morgan fingerprint density at radius 1 is 1.21 bits per heavy atom. The molecule has 0 atom stereocenters. The van der Waals surface area contributed by atoms with E-state index in [4.69, 9.17) is 0 Å². The summed E-state index contributed by atoms with van der Waals surface area (Å²) in [5.74, 6) is -1.11. The van der Waals surface area contributed by atoms with Crippen molar-refractivity contribution in [1.82, 2.24) is 10.3 Å². The molecule has 1 aromatic heterocycles. The molecular weight excluding hydrogens is 321 g/mol. The Morgan fingerprint density at radius 3 is 2.47 bits per heavy atom. The van der Waals surface area contributed by atoms with E-state index in [0.717, 1.165) is 10.0 Å². The first kappa shape index (κ1) is 14.8. The van der Waals surface area contributed by atoms with Crippen molar-refractivity contribution in [3.05, 3.63) is 28.5 Å². The van der Waals surface area contributed by atoms with E-state index in [-0.39, 0.29) is 18.9 Å². The van der Waals surface area contributed by atoms with Crippen LogP contribution in [0.25, 0.3) is 0 Å². The van der Waals surface area contributed by atoms with Gasteiger partial charge in [-0.15, -0.1) is 0 Å². The largest absolute Gasteiger partial charge is 0.391 e. The van der Waals surface area contributed by atoms with Crippen LogP contribution in [0.15, 0.2) is 22.9 Å². The van der Waals surface area contributed by atoms with E-state index in [2.05, 4.69) is 26.2 Å². The Balaban J connectivity index is 1.77. The third-order valence-corrected chi connectivity index (χ3v) is 3.98. The molecule has 6 heteroatoms. The van der Waals surface area contributed by atoms with Gasteiger partial charge in [0, 0.05) is 29.5 Å². The fourth-order valence-corrected chi connectivity index (χ4v) is 2.85. The van der Waals surface area contributed by atoms with Crippen LogP contribution in [0.5, 0.6) is 0 Å². The number of alkyl halides is 3. The summed E-state index contributed by atoms with van der Waals surface area (Å²) < 4.78 is 38.5. The van der Waals surface area contributed by atoms with Gasteiger partial charge in [-0.05, 0) is 53.2 Å². The lowest BCUT2D eigenvalue weighted by molar-refractivity contribution is -0.182. The van der Waals surface area contributed by atoms with Crippen LogP contribution in [0.1, 0.15) is 31.2 Å². The fourth-order valence-electron chi connectivity index (χ4n) is 2.44. The molecule has 1 saturated carbocycles. The summed E-state index contributed by atoms with van der Waals surface area (Å²) in [6.07, 6.45) is 1.09. The highest BCUT2D eigenvalue weighted by Gasteiger charge is 2.41. The maximum absolute atomic E-state index is 12.5. The first-order valence-corrected chi connectivity index (χ1v) is 7.14. The third kappa shape index (κ3) is 4.45. The maximum Gasteiger partial charge on any atom is 0.391 e. The van der Waals surface area contributed by atoms with Crippen LogP contribution in [-0.4, -0.2) is 17.2 Å². The Bertz CT molecular complexity index is 415. The molecule has 0 saturated heterocycles. The second-order valence-electron chi connectivity index (χ2n) is 4.98. The van der Waals surface area contributed by atoms with Crippen LogP contribution in [0.2, 0.25) is 0 Å². The summed E-state index contributed by atoms with van der Waals surface area (Å²) >= 11 is 3.34. The molecule has 2 rings (SSSR count). The minimum absolute atomic E-state index is 0.178. The zero-order valence-electron chi connectivity index (χ0n) is 10.4. The highest BCUT2D eigenvalue weighted by atomic mass is 79.9. The zero-order chi connectivity index (χ0) is 13.9. The van der Waals surface area contributed by atoms with E-state index >= 15 is 0 Å². The van der Waals surface area contributed by atoms with Gasteiger partial charge in [-0.2, -0.15) is 13.2 Å². The number of hydrogen-bond acceptors (Lipinski definition) is 2. The molecule has 0 aliphatic heterocycles. The normalized spacial score (nSPS) is 24.4. The molecule has 19 heavy (non-hydrogen) atoms. The molecule has 0 spiro atoms. The Kier molecular flexibility index (Phi) is 4.84. The average molecular weight is 337 g/mol. The highest BCUT2D eigenvalue weighted by molar-refractivity contribution is 9.10. The van der Waals surface area contributed by atoms with Gasteiger partial charge in [-0.25, -0.2) is 0 Å². The van der Waals surface area contributed by atoms with Crippen molar-refractivity contribution in [3.8, 4) is 0 Å². The average Bonchev–Trinajstić information content (AvgIpc) is 2.36. The van der Waals surface area contributed by atoms with Crippen LogP contribution >= 0.6 is 15.9 Å². The summed E-state index contributed by atoms with van der Waals surface area (Å²) in [5.41, 5.74) is 1.03. The summed E-state index contributed by atoms with van der Waals surface area (Å²) in [6.45, 7) is 0.647. The fraction of sp³-hybridized carbons (Fsp3) is 0.615. The number of nitrogens with one attached hydrogen (secondary N) is 1. The highest BCUT2D eigenvalue weighted by Crippen LogP contribution is 2.37. The lowest BCUT2D eigenvalue weighted by Crippen LogP contribution is -2.36. The van der Waals surface area contributed by atoms with Crippen molar-refractivity contribution in [2.24, 2.45) is 5.92 Å². The minimum atomic E-state index is -4.03. The molecule has 1 aliphatic carbocycles. The molecule has 0 aromatic carbocycles. The molecule has 0 unspecified atom stereocenters. The summed E-state index contributed by atoms with van der Waals surface area (Å²) in [4.78, 5) is 4.06. The second kappa shape index (κ2) is 6.22. The zero-order valence-corrected chi connectivity index (χ0v) is 12.0. The topological polar surface area (TPSA) is 24.9 Å². The quantitative estimate of drug-likeness (QED) is 0.900. The van der Waals surface area contributed by atoms with E-state index in [1.807, 2.05) is 6.07 Å². The predicted octanol–water partition coefficient (Wildman–Crippen LogP) is 4.05. The van der Waals surface area contributed by atoms with Crippen LogP contribution in [0.3, 0.4) is 0 Å². The molecule has 106 valence electrons. The molecule has 0 radical (unpaired) electrons. The molecule has 1 aliphatic rings. The molecule has 1 aromatic rings. The standard InChI is InChI=1S/C13H16BrF3N2/c14-11-5-9(6-18-8-11)7-19-12-3-1-10(2-4-12)13(15,16)17/h5-6,8,10,12,19H,1-4,7H2. The van der Waals surface area contributed by atoms with Crippen molar-refractivity contribution in [2.75, 3.05) is 0 Å². The monoisotopic (exact) mass is 336 g/mol. The van der Waals surface area contributed by atoms with Gasteiger partial charge in [0.05, 0.1) is 5.92 Å². The van der Waals surface area contributed by atoms with E-state index < -0.39 is 12.1 Å². The smallest absolute Gasteiger partial charge is 0.310 e. The van der Waals surface area contributed by atoms with Gasteiger partial charge < -0.3 is 5.32 Å². The number of pyridine rings is 1. The molecule has 1 N–H and O–H groups in total. The Morgan fingerprint density at radius 2 is 1.89 bits per heavy atom. The summed E-state index contributed by atoms with van der Waals surface area (Å²) in [6, 6.07) is 2.14. The molecule has 1 fully saturated rings. The van der Waals surface area contributed by atoms with Crippen molar-refractivity contribution < 1.29 is 13.2 Å². The van der Waals surface area contributed by atoms with E-state index in [1.54, 1.807) is 12.4 Å². The first-order chi connectivity index (χ1) is 8.95. The molecule has 1 heterocycles. The number of nitrogens with zero attached hydrogens (tertiary/aromatic N) is 1. The van der Waals surface area contributed by atoms with Crippen molar-refractivity contribution in [2.45, 2.75) is 44.4 Å². The molecule has 0 bridgehead atoms. The van der Waals surface area contributed by atoms with Gasteiger partial charge in [-0.1, -0.05) is 0 Å². The van der Waals surface area contributed by atoms with Gasteiger partial charge in [0.2, 0.25) is 0 Å². The van der Waals surface area contributed by atoms with Gasteiger partial charge in [0.1, 0.15) is 0 Å². The van der Waals surface area contributed by atoms with Gasteiger partial charge in [0.15, 0.2) is 0 Å². The molecular formula is C13H16BrF3N2. The minimum Gasteiger partial charge on any atom is -0.310 e. The summed E-state index contributed by atoms with van der Waals surface area (Å²) in [7, 11) is 0. The van der Waals surface area contributed by atoms with Crippen LogP contribution in [0.4, 0.5) is 13.2 Å². The van der Waals surface area contributed by atoms with E-state index in [9.17, 15) is 13.2 Å². The number of hydrogen-bond donors (Lipinski definition) is 1. The van der Waals surface area contributed by atoms with E-state index in [0.29, 0.717) is 19.4 Å². The number of aromatic nitrogens is 1. The van der Waals surface area contributed by atoms with Crippen LogP contribution < -0.4 is 5.32 Å². The lowest BCUT2D eigenvalue weighted by atomic mass is 9.85. The predicted molar refractivity (Wildman–Crippen MR) is 70.6 cm³/mol. The molecule has 0 amide bonds. The van der Waals surface area contributed by atoms with Crippen molar-refractivity contribution in [3.63, 3.8) is 0 Å². The lowest BCUT2D eigenvalue weighted by Gasteiger charge is -2.30. The molecule has 2 nitrogen and oxygen atoms in total. The first-order valence-electron chi connectivity index (χ1n) is 6.34. The second-order valence-corrected chi connectivity index (χ2v) is 5.90. The Labute approximate surface area is 118 Å². The van der Waals surface area contributed by atoms with Gasteiger partial charge in [-0.3, -0.25) is 4.98 Å². The summed E-state index contributed by atoms with van der Waals surface area (Å²) in [5, 5.41) is 3.31. The SMILES string of the molecule is FC(F)(F)C1CCC(NCc2cncc(Br)c2)CC1. The Hall–Kier alpha value is -0.620. The van der Waals surface area contributed by atoms with E-state index in [1.165, 1.54) is 0 Å². The van der Waals surface area contributed by atoms with Crippen molar-refractivity contribution >= 4 is 15.9 Å². The van der Waals surface area contributed by atoms with Gasteiger partial charge >= 0.3 is 6.18 Å². The number of rotatable bonds is 3. The number of halogens is 4.